The third kappa shape index (κ3) is 5.35. The number of rotatable bonds is 6. The number of ether oxygens (including phenoxy) is 1. The number of pyridine rings is 1. The van der Waals surface area contributed by atoms with Crippen LogP contribution in [0, 0.1) is 0 Å². The number of fused-ring (bicyclic) bond motifs is 1. The number of aromatic nitrogens is 1. The highest BCUT2D eigenvalue weighted by molar-refractivity contribution is 9.10. The van der Waals surface area contributed by atoms with E-state index in [0.29, 0.717) is 33.6 Å². The maximum Gasteiger partial charge on any atom is 0.339 e. The molecule has 0 saturated heterocycles. The van der Waals surface area contributed by atoms with E-state index in [1.54, 1.807) is 6.07 Å². The summed E-state index contributed by atoms with van der Waals surface area (Å²) in [7, 11) is 0. The third-order valence-electron chi connectivity index (χ3n) is 6.72. The minimum absolute atomic E-state index is 0.208. The van der Waals surface area contributed by atoms with Crippen molar-refractivity contribution in [2.24, 2.45) is 0 Å². The first-order valence-electron chi connectivity index (χ1n) is 12.0. The van der Waals surface area contributed by atoms with Crippen LogP contribution in [0.1, 0.15) is 64.3 Å². The van der Waals surface area contributed by atoms with Crippen LogP contribution in [0.4, 0.5) is 0 Å². The largest absolute Gasteiger partial charge is 0.454 e. The highest BCUT2D eigenvalue weighted by Gasteiger charge is 2.19. The number of carbonyl (C=O) groups excluding carboxylic acids is 2. The maximum atomic E-state index is 13.1. The first-order valence-corrected chi connectivity index (χ1v) is 12.8. The fourth-order valence-electron chi connectivity index (χ4n) is 4.78. The molecule has 4 nitrogen and oxygen atoms in total. The molecule has 5 heteroatoms. The molecule has 1 saturated carbocycles. The lowest BCUT2D eigenvalue weighted by molar-refractivity contribution is 0.0476. The fraction of sp³-hybridized carbons (Fsp3) is 0.233. The second kappa shape index (κ2) is 10.5. The molecule has 0 bridgehead atoms. The number of carbonyl (C=O) groups is 2. The van der Waals surface area contributed by atoms with E-state index >= 15 is 0 Å². The molecule has 1 aliphatic rings. The third-order valence-corrected chi connectivity index (χ3v) is 7.25. The van der Waals surface area contributed by atoms with Crippen molar-refractivity contribution in [2.45, 2.75) is 38.0 Å². The van der Waals surface area contributed by atoms with Crippen LogP contribution in [0.5, 0.6) is 0 Å². The van der Waals surface area contributed by atoms with Crippen molar-refractivity contribution in [3.63, 3.8) is 0 Å². The number of hydrogen-bond acceptors (Lipinski definition) is 4. The Hall–Kier alpha value is -3.31. The standard InChI is InChI=1S/C30H26BrNO3/c31-24-16-14-22(15-17-24)28-18-26(25-8-4-5-9-27(25)32-28)30(34)35-19-29(33)23-12-10-21(11-13-23)20-6-2-1-3-7-20/h4-5,8-18,20H,1-3,6-7,19H2. The number of nitrogens with zero attached hydrogens (tertiary/aromatic N) is 1. The Balaban J connectivity index is 1.33. The highest BCUT2D eigenvalue weighted by Crippen LogP contribution is 2.32. The topological polar surface area (TPSA) is 56.3 Å². The van der Waals surface area contributed by atoms with Gasteiger partial charge in [0.1, 0.15) is 0 Å². The Kier molecular flexibility index (Phi) is 7.05. The molecule has 5 rings (SSSR count). The zero-order chi connectivity index (χ0) is 24.2. The van der Waals surface area contributed by atoms with Gasteiger partial charge in [0.15, 0.2) is 12.4 Å². The van der Waals surface area contributed by atoms with E-state index in [-0.39, 0.29) is 12.4 Å². The smallest absolute Gasteiger partial charge is 0.339 e. The average Bonchev–Trinajstić information content (AvgIpc) is 2.92. The first-order chi connectivity index (χ1) is 17.1. The van der Waals surface area contributed by atoms with Crippen molar-refractivity contribution in [3.8, 4) is 11.3 Å². The van der Waals surface area contributed by atoms with Gasteiger partial charge in [-0.3, -0.25) is 4.79 Å². The molecule has 0 unspecified atom stereocenters. The molecule has 1 fully saturated rings. The van der Waals surface area contributed by atoms with Gasteiger partial charge in [-0.05, 0) is 48.6 Å². The normalized spacial score (nSPS) is 14.1. The summed E-state index contributed by atoms with van der Waals surface area (Å²) in [5.41, 5.74) is 4.52. The molecular weight excluding hydrogens is 502 g/mol. The molecule has 1 aromatic heterocycles. The van der Waals surface area contributed by atoms with Crippen LogP contribution >= 0.6 is 15.9 Å². The average molecular weight is 528 g/mol. The zero-order valence-corrected chi connectivity index (χ0v) is 21.0. The number of benzene rings is 3. The predicted octanol–water partition coefficient (Wildman–Crippen LogP) is 7.75. The van der Waals surface area contributed by atoms with Crippen molar-refractivity contribution >= 4 is 38.6 Å². The monoisotopic (exact) mass is 527 g/mol. The van der Waals surface area contributed by atoms with Gasteiger partial charge in [-0.15, -0.1) is 0 Å². The molecule has 0 radical (unpaired) electrons. The Morgan fingerprint density at radius 2 is 1.60 bits per heavy atom. The molecule has 0 amide bonds. The summed E-state index contributed by atoms with van der Waals surface area (Å²) in [4.78, 5) is 30.6. The minimum atomic E-state index is -0.533. The lowest BCUT2D eigenvalue weighted by Crippen LogP contribution is -2.15. The SMILES string of the molecule is O=C(COC(=O)c1cc(-c2ccc(Br)cc2)nc2ccccc12)c1ccc(C2CCCCC2)cc1. The molecule has 0 atom stereocenters. The molecule has 176 valence electrons. The highest BCUT2D eigenvalue weighted by atomic mass is 79.9. The van der Waals surface area contributed by atoms with E-state index in [2.05, 4.69) is 15.9 Å². The van der Waals surface area contributed by atoms with Crippen LogP contribution in [0.2, 0.25) is 0 Å². The summed E-state index contributed by atoms with van der Waals surface area (Å²) in [6.45, 7) is -0.300. The number of esters is 1. The Morgan fingerprint density at radius 3 is 2.34 bits per heavy atom. The molecule has 0 aliphatic heterocycles. The van der Waals surface area contributed by atoms with E-state index in [0.717, 1.165) is 10.0 Å². The van der Waals surface area contributed by atoms with Gasteiger partial charge in [-0.2, -0.15) is 0 Å². The number of para-hydroxylation sites is 1. The van der Waals surface area contributed by atoms with Crippen molar-refractivity contribution in [1.82, 2.24) is 4.98 Å². The van der Waals surface area contributed by atoms with E-state index in [1.807, 2.05) is 72.8 Å². The van der Waals surface area contributed by atoms with Gasteiger partial charge >= 0.3 is 5.97 Å². The van der Waals surface area contributed by atoms with Crippen molar-refractivity contribution in [1.29, 1.82) is 0 Å². The summed E-state index contributed by atoms with van der Waals surface area (Å²) >= 11 is 3.45. The van der Waals surface area contributed by atoms with Crippen molar-refractivity contribution < 1.29 is 14.3 Å². The fourth-order valence-corrected chi connectivity index (χ4v) is 5.05. The summed E-state index contributed by atoms with van der Waals surface area (Å²) in [6, 6.07) is 24.7. The molecule has 35 heavy (non-hydrogen) atoms. The number of hydrogen-bond donors (Lipinski definition) is 0. The second-order valence-electron chi connectivity index (χ2n) is 9.04. The molecule has 0 spiro atoms. The number of ketones is 1. The van der Waals surface area contributed by atoms with Gasteiger partial charge in [0.25, 0.3) is 0 Å². The Morgan fingerprint density at radius 1 is 0.886 bits per heavy atom. The van der Waals surface area contributed by atoms with Crippen LogP contribution in [0.25, 0.3) is 22.2 Å². The summed E-state index contributed by atoms with van der Waals surface area (Å²) in [5.74, 6) is -0.153. The predicted molar refractivity (Wildman–Crippen MR) is 142 cm³/mol. The lowest BCUT2D eigenvalue weighted by atomic mass is 9.84. The van der Waals surface area contributed by atoms with Gasteiger partial charge < -0.3 is 4.74 Å². The molecule has 1 aliphatic carbocycles. The van der Waals surface area contributed by atoms with Gasteiger partial charge in [-0.25, -0.2) is 9.78 Å². The van der Waals surface area contributed by atoms with Gasteiger partial charge in [0.05, 0.1) is 16.8 Å². The zero-order valence-electron chi connectivity index (χ0n) is 19.4. The summed E-state index contributed by atoms with van der Waals surface area (Å²) in [6.07, 6.45) is 6.29. The van der Waals surface area contributed by atoms with Crippen LogP contribution in [-0.4, -0.2) is 23.3 Å². The first kappa shape index (κ1) is 23.4. The molecule has 4 aromatic rings. The van der Waals surface area contributed by atoms with E-state index in [4.69, 9.17) is 9.72 Å². The van der Waals surface area contributed by atoms with Gasteiger partial charge in [0, 0.05) is 21.0 Å². The molecule has 1 heterocycles. The van der Waals surface area contributed by atoms with Crippen molar-refractivity contribution in [2.75, 3.05) is 6.61 Å². The molecule has 0 N–H and O–H groups in total. The van der Waals surface area contributed by atoms with Crippen LogP contribution < -0.4 is 0 Å². The van der Waals surface area contributed by atoms with Gasteiger partial charge in [-0.1, -0.05) is 89.8 Å². The minimum Gasteiger partial charge on any atom is -0.454 e. The molecule has 3 aromatic carbocycles. The quantitative estimate of drug-likeness (QED) is 0.190. The Bertz CT molecular complexity index is 1360. The number of Topliss-reactive ketones (excluding diaryl/α,β-unsaturated/α-hetero) is 1. The van der Waals surface area contributed by atoms with Gasteiger partial charge in [0.2, 0.25) is 0 Å². The van der Waals surface area contributed by atoms with Crippen LogP contribution in [-0.2, 0) is 4.74 Å². The van der Waals surface area contributed by atoms with Crippen LogP contribution in [0.3, 0.4) is 0 Å². The maximum absolute atomic E-state index is 13.1. The lowest BCUT2D eigenvalue weighted by Gasteiger charge is -2.22. The molecular formula is C30H26BrNO3. The van der Waals surface area contributed by atoms with E-state index in [9.17, 15) is 9.59 Å². The second-order valence-corrected chi connectivity index (χ2v) is 9.95. The summed E-state index contributed by atoms with van der Waals surface area (Å²) < 4.78 is 6.45. The summed E-state index contributed by atoms with van der Waals surface area (Å²) in [5, 5.41) is 0.697. The van der Waals surface area contributed by atoms with E-state index in [1.165, 1.54) is 37.7 Å². The van der Waals surface area contributed by atoms with Crippen LogP contribution in [0.15, 0.2) is 83.3 Å². The van der Waals surface area contributed by atoms with Crippen molar-refractivity contribution in [3.05, 3.63) is 100 Å². The Labute approximate surface area is 213 Å². The number of halogens is 1. The van der Waals surface area contributed by atoms with E-state index < -0.39 is 5.97 Å².